The molecule has 72 valence electrons. The number of carbonyl (C=O) groups excluding carboxylic acids is 1. The Morgan fingerprint density at radius 2 is 2.46 bits per heavy atom. The second kappa shape index (κ2) is 4.41. The van der Waals surface area contributed by atoms with E-state index in [0.29, 0.717) is 17.6 Å². The number of alkyl halides is 1. The van der Waals surface area contributed by atoms with Gasteiger partial charge in [-0.1, -0.05) is 15.9 Å². The number of halogens is 1. The molecule has 1 aromatic heterocycles. The Morgan fingerprint density at radius 1 is 1.77 bits per heavy atom. The monoisotopic (exact) mass is 246 g/mol. The van der Waals surface area contributed by atoms with Crippen LogP contribution in [0.15, 0.2) is 6.07 Å². The van der Waals surface area contributed by atoms with Crippen molar-refractivity contribution in [3.05, 3.63) is 17.5 Å². The Kier molecular flexibility index (Phi) is 3.48. The fourth-order valence-electron chi connectivity index (χ4n) is 0.988. The first kappa shape index (κ1) is 10.2. The average Bonchev–Trinajstić information content (AvgIpc) is 2.47. The van der Waals surface area contributed by atoms with E-state index in [2.05, 4.69) is 21.0 Å². The zero-order valence-corrected chi connectivity index (χ0v) is 9.17. The number of aromatic nitrogens is 2. The molecule has 0 saturated carbocycles. The number of nitrogens with zero attached hydrogens (tertiary/aromatic N) is 2. The van der Waals surface area contributed by atoms with Crippen molar-refractivity contribution in [1.29, 1.82) is 0 Å². The van der Waals surface area contributed by atoms with Gasteiger partial charge in [-0.25, -0.2) is 4.79 Å². The van der Waals surface area contributed by atoms with Crippen LogP contribution in [0, 0.1) is 0 Å². The van der Waals surface area contributed by atoms with Crippen molar-refractivity contribution >= 4 is 21.9 Å². The summed E-state index contributed by atoms with van der Waals surface area (Å²) >= 11 is 3.27. The van der Waals surface area contributed by atoms with E-state index in [1.165, 1.54) is 4.68 Å². The first-order valence-electron chi connectivity index (χ1n) is 3.95. The predicted octanol–water partition coefficient (Wildman–Crippen LogP) is 1.49. The summed E-state index contributed by atoms with van der Waals surface area (Å²) in [5, 5.41) is 4.74. The average molecular weight is 247 g/mol. The summed E-state index contributed by atoms with van der Waals surface area (Å²) in [7, 11) is 1.72. The van der Waals surface area contributed by atoms with Gasteiger partial charge in [-0.05, 0) is 13.0 Å². The van der Waals surface area contributed by atoms with Gasteiger partial charge < -0.3 is 4.74 Å². The zero-order valence-electron chi connectivity index (χ0n) is 7.58. The number of hydrogen-bond donors (Lipinski definition) is 0. The fourth-order valence-corrected chi connectivity index (χ4v) is 1.26. The highest BCUT2D eigenvalue weighted by molar-refractivity contribution is 9.08. The number of ether oxygens (including phenoxy) is 1. The highest BCUT2D eigenvalue weighted by Crippen LogP contribution is 2.07. The van der Waals surface area contributed by atoms with Crippen LogP contribution in [0.25, 0.3) is 0 Å². The van der Waals surface area contributed by atoms with Gasteiger partial charge in [0.15, 0.2) is 0 Å². The lowest BCUT2D eigenvalue weighted by molar-refractivity contribution is 0.0513. The maximum atomic E-state index is 11.3. The van der Waals surface area contributed by atoms with E-state index >= 15 is 0 Å². The number of aryl methyl sites for hydroxylation is 1. The minimum Gasteiger partial charge on any atom is -0.461 e. The van der Waals surface area contributed by atoms with E-state index in [0.717, 1.165) is 5.69 Å². The Bertz CT molecular complexity index is 309. The van der Waals surface area contributed by atoms with Crippen molar-refractivity contribution in [1.82, 2.24) is 9.78 Å². The SMILES string of the molecule is CCOC(=O)c1cc(CBr)nn1C. The van der Waals surface area contributed by atoms with Crippen LogP contribution >= 0.6 is 15.9 Å². The smallest absolute Gasteiger partial charge is 0.356 e. The van der Waals surface area contributed by atoms with E-state index in [1.807, 2.05) is 0 Å². The molecule has 0 radical (unpaired) electrons. The van der Waals surface area contributed by atoms with E-state index in [1.54, 1.807) is 20.0 Å². The molecule has 1 heterocycles. The first-order chi connectivity index (χ1) is 6.19. The Hall–Kier alpha value is -0.840. The van der Waals surface area contributed by atoms with Gasteiger partial charge in [0, 0.05) is 12.4 Å². The van der Waals surface area contributed by atoms with Crippen molar-refractivity contribution < 1.29 is 9.53 Å². The lowest BCUT2D eigenvalue weighted by Crippen LogP contribution is -2.10. The van der Waals surface area contributed by atoms with Crippen LogP contribution in [0.3, 0.4) is 0 Å². The zero-order chi connectivity index (χ0) is 9.84. The molecule has 0 amide bonds. The van der Waals surface area contributed by atoms with Crippen LogP contribution in [-0.4, -0.2) is 22.4 Å². The van der Waals surface area contributed by atoms with Crippen molar-refractivity contribution in [3.8, 4) is 0 Å². The molecule has 1 aromatic rings. The summed E-state index contributed by atoms with van der Waals surface area (Å²) in [5.41, 5.74) is 1.31. The van der Waals surface area contributed by atoms with Gasteiger partial charge >= 0.3 is 5.97 Å². The van der Waals surface area contributed by atoms with E-state index in [4.69, 9.17) is 4.74 Å². The third-order valence-corrected chi connectivity index (χ3v) is 2.13. The van der Waals surface area contributed by atoms with Crippen LogP contribution < -0.4 is 0 Å². The third-order valence-electron chi connectivity index (χ3n) is 1.55. The van der Waals surface area contributed by atoms with Gasteiger partial charge in [0.1, 0.15) is 5.69 Å². The highest BCUT2D eigenvalue weighted by atomic mass is 79.9. The summed E-state index contributed by atoms with van der Waals surface area (Å²) in [6, 6.07) is 1.72. The van der Waals surface area contributed by atoms with Gasteiger partial charge in [0.2, 0.25) is 0 Å². The Balaban J connectivity index is 2.87. The van der Waals surface area contributed by atoms with E-state index in [-0.39, 0.29) is 5.97 Å². The van der Waals surface area contributed by atoms with E-state index < -0.39 is 0 Å². The number of rotatable bonds is 3. The minimum absolute atomic E-state index is 0.329. The molecule has 0 fully saturated rings. The molecule has 0 atom stereocenters. The van der Waals surface area contributed by atoms with Gasteiger partial charge in [-0.3, -0.25) is 4.68 Å². The summed E-state index contributed by atoms with van der Waals surface area (Å²) < 4.78 is 6.37. The molecule has 0 aliphatic heterocycles. The molecule has 13 heavy (non-hydrogen) atoms. The Labute approximate surface area is 85.0 Å². The van der Waals surface area contributed by atoms with Crippen LogP contribution in [0.4, 0.5) is 0 Å². The quantitative estimate of drug-likeness (QED) is 0.600. The molecular weight excluding hydrogens is 236 g/mol. The normalized spacial score (nSPS) is 10.1. The molecule has 5 heteroatoms. The Morgan fingerprint density at radius 3 is 2.92 bits per heavy atom. The number of esters is 1. The largest absolute Gasteiger partial charge is 0.461 e. The molecule has 0 aliphatic rings. The van der Waals surface area contributed by atoms with Crippen LogP contribution in [-0.2, 0) is 17.1 Å². The topological polar surface area (TPSA) is 44.1 Å². The second-order valence-corrected chi connectivity index (χ2v) is 3.06. The number of hydrogen-bond acceptors (Lipinski definition) is 3. The van der Waals surface area contributed by atoms with Crippen LogP contribution in [0.1, 0.15) is 23.1 Å². The molecule has 0 aliphatic carbocycles. The molecule has 0 saturated heterocycles. The van der Waals surface area contributed by atoms with Gasteiger partial charge in [-0.15, -0.1) is 0 Å². The van der Waals surface area contributed by atoms with Crippen molar-refractivity contribution in [3.63, 3.8) is 0 Å². The van der Waals surface area contributed by atoms with Crippen molar-refractivity contribution in [2.24, 2.45) is 7.05 Å². The maximum Gasteiger partial charge on any atom is 0.356 e. The summed E-state index contributed by atoms with van der Waals surface area (Å²) in [6.45, 7) is 2.16. The molecular formula is C8H11BrN2O2. The minimum atomic E-state index is -0.329. The maximum absolute atomic E-state index is 11.3. The lowest BCUT2D eigenvalue weighted by Gasteiger charge is -1.99. The van der Waals surface area contributed by atoms with Crippen molar-refractivity contribution in [2.75, 3.05) is 6.61 Å². The second-order valence-electron chi connectivity index (χ2n) is 2.50. The summed E-state index contributed by atoms with van der Waals surface area (Å²) in [6.07, 6.45) is 0. The number of carbonyl (C=O) groups is 1. The molecule has 0 N–H and O–H groups in total. The van der Waals surface area contributed by atoms with Crippen LogP contribution in [0.2, 0.25) is 0 Å². The van der Waals surface area contributed by atoms with Gasteiger partial charge in [0.25, 0.3) is 0 Å². The standard InChI is InChI=1S/C8H11BrN2O2/c1-3-13-8(12)7-4-6(5-9)10-11(7)2/h4H,3,5H2,1-2H3. The molecule has 1 rings (SSSR count). The first-order valence-corrected chi connectivity index (χ1v) is 5.07. The van der Waals surface area contributed by atoms with E-state index in [9.17, 15) is 4.79 Å². The van der Waals surface area contributed by atoms with Crippen LogP contribution in [0.5, 0.6) is 0 Å². The third kappa shape index (κ3) is 2.30. The fraction of sp³-hybridized carbons (Fsp3) is 0.500. The molecule has 0 unspecified atom stereocenters. The van der Waals surface area contributed by atoms with Gasteiger partial charge in [-0.2, -0.15) is 5.10 Å². The van der Waals surface area contributed by atoms with Crippen molar-refractivity contribution in [2.45, 2.75) is 12.3 Å². The molecule has 0 bridgehead atoms. The molecule has 0 spiro atoms. The van der Waals surface area contributed by atoms with Gasteiger partial charge in [0.05, 0.1) is 12.3 Å². The highest BCUT2D eigenvalue weighted by Gasteiger charge is 2.12. The summed E-state index contributed by atoms with van der Waals surface area (Å²) in [4.78, 5) is 11.3. The predicted molar refractivity (Wildman–Crippen MR) is 51.8 cm³/mol. The summed E-state index contributed by atoms with van der Waals surface area (Å²) in [5.74, 6) is -0.329. The molecule has 4 nitrogen and oxygen atoms in total. The molecule has 0 aromatic carbocycles. The lowest BCUT2D eigenvalue weighted by atomic mass is 10.4.